The molecule has 0 amide bonds. The van der Waals surface area contributed by atoms with Crippen LogP contribution in [-0.4, -0.2) is 4.98 Å². The van der Waals surface area contributed by atoms with Gasteiger partial charge in [0.25, 0.3) is 0 Å². The van der Waals surface area contributed by atoms with Gasteiger partial charge in [0.1, 0.15) is 5.15 Å². The van der Waals surface area contributed by atoms with Crippen molar-refractivity contribution in [3.05, 3.63) is 28.5 Å². The van der Waals surface area contributed by atoms with Crippen LogP contribution in [-0.2, 0) is 0 Å². The van der Waals surface area contributed by atoms with Crippen LogP contribution in [0.15, 0.2) is 12.1 Å². The van der Waals surface area contributed by atoms with E-state index < -0.39 is 0 Å². The van der Waals surface area contributed by atoms with Crippen LogP contribution in [0.2, 0.25) is 5.15 Å². The standard InChI is InChI=1S/C9H12ClN/c1-6(2)8-5-4-7(3)11-9(8)10/h4-6H,1-3H3. The molecule has 1 rings (SSSR count). The van der Waals surface area contributed by atoms with Gasteiger partial charge in [-0.05, 0) is 24.5 Å². The summed E-state index contributed by atoms with van der Waals surface area (Å²) in [6.07, 6.45) is 0. The normalized spacial score (nSPS) is 10.6. The second-order valence-corrected chi connectivity index (χ2v) is 3.35. The van der Waals surface area contributed by atoms with Crippen LogP contribution in [0.25, 0.3) is 0 Å². The topological polar surface area (TPSA) is 12.9 Å². The number of aromatic nitrogens is 1. The fourth-order valence-corrected chi connectivity index (χ4v) is 1.38. The molecule has 1 nitrogen and oxygen atoms in total. The van der Waals surface area contributed by atoms with E-state index in [0.29, 0.717) is 11.1 Å². The van der Waals surface area contributed by atoms with Crippen LogP contribution in [0.4, 0.5) is 0 Å². The number of rotatable bonds is 1. The molecule has 0 atom stereocenters. The third-order valence-electron chi connectivity index (χ3n) is 1.64. The Morgan fingerprint density at radius 2 is 2.00 bits per heavy atom. The summed E-state index contributed by atoms with van der Waals surface area (Å²) in [5, 5.41) is 0.639. The van der Waals surface area contributed by atoms with Crippen molar-refractivity contribution in [2.24, 2.45) is 0 Å². The van der Waals surface area contributed by atoms with Crippen molar-refractivity contribution in [1.82, 2.24) is 4.98 Å². The van der Waals surface area contributed by atoms with Crippen molar-refractivity contribution in [2.45, 2.75) is 26.7 Å². The summed E-state index contributed by atoms with van der Waals surface area (Å²) in [4.78, 5) is 4.16. The Balaban J connectivity index is 3.09. The van der Waals surface area contributed by atoms with Crippen molar-refractivity contribution in [1.29, 1.82) is 0 Å². The van der Waals surface area contributed by atoms with Gasteiger partial charge in [-0.1, -0.05) is 31.5 Å². The Morgan fingerprint density at radius 1 is 1.36 bits per heavy atom. The molecule has 2 heteroatoms. The zero-order valence-electron chi connectivity index (χ0n) is 7.06. The Hall–Kier alpha value is -0.560. The molecule has 0 saturated carbocycles. The maximum absolute atomic E-state index is 5.91. The highest BCUT2D eigenvalue weighted by molar-refractivity contribution is 6.30. The monoisotopic (exact) mass is 169 g/mol. The average molecular weight is 170 g/mol. The van der Waals surface area contributed by atoms with E-state index in [2.05, 4.69) is 18.8 Å². The van der Waals surface area contributed by atoms with E-state index in [0.717, 1.165) is 11.3 Å². The predicted octanol–water partition coefficient (Wildman–Crippen LogP) is 3.17. The highest BCUT2D eigenvalue weighted by Gasteiger charge is 2.04. The Kier molecular flexibility index (Phi) is 2.50. The van der Waals surface area contributed by atoms with Gasteiger partial charge in [0.2, 0.25) is 0 Å². The smallest absolute Gasteiger partial charge is 0.132 e. The second kappa shape index (κ2) is 3.22. The van der Waals surface area contributed by atoms with Crippen molar-refractivity contribution in [3.8, 4) is 0 Å². The summed E-state index contributed by atoms with van der Waals surface area (Å²) in [5.41, 5.74) is 2.09. The van der Waals surface area contributed by atoms with Crippen molar-refractivity contribution in [3.63, 3.8) is 0 Å². The first-order chi connectivity index (χ1) is 5.11. The summed E-state index contributed by atoms with van der Waals surface area (Å²) < 4.78 is 0. The fourth-order valence-electron chi connectivity index (χ4n) is 0.966. The van der Waals surface area contributed by atoms with E-state index in [9.17, 15) is 0 Å². The minimum absolute atomic E-state index is 0.454. The highest BCUT2D eigenvalue weighted by Crippen LogP contribution is 2.21. The molecule has 0 spiro atoms. The van der Waals surface area contributed by atoms with E-state index >= 15 is 0 Å². The minimum atomic E-state index is 0.454. The number of halogens is 1. The molecular weight excluding hydrogens is 158 g/mol. The van der Waals surface area contributed by atoms with Gasteiger partial charge < -0.3 is 0 Å². The number of pyridine rings is 1. The lowest BCUT2D eigenvalue weighted by Gasteiger charge is -2.06. The van der Waals surface area contributed by atoms with Crippen LogP contribution < -0.4 is 0 Å². The lowest BCUT2D eigenvalue weighted by atomic mass is 10.1. The molecule has 1 aromatic heterocycles. The quantitative estimate of drug-likeness (QED) is 0.589. The van der Waals surface area contributed by atoms with Gasteiger partial charge in [0.15, 0.2) is 0 Å². The maximum atomic E-state index is 5.91. The number of hydrogen-bond donors (Lipinski definition) is 0. The summed E-state index contributed by atoms with van der Waals surface area (Å²) in [6.45, 7) is 6.16. The Bertz CT molecular complexity index is 256. The summed E-state index contributed by atoms with van der Waals surface area (Å²) in [7, 11) is 0. The van der Waals surface area contributed by atoms with Crippen molar-refractivity contribution >= 4 is 11.6 Å². The zero-order valence-corrected chi connectivity index (χ0v) is 7.81. The molecule has 1 aromatic rings. The van der Waals surface area contributed by atoms with E-state index in [4.69, 9.17) is 11.6 Å². The van der Waals surface area contributed by atoms with Gasteiger partial charge in [0.05, 0.1) is 0 Å². The molecule has 0 saturated heterocycles. The van der Waals surface area contributed by atoms with E-state index in [1.54, 1.807) is 0 Å². The van der Waals surface area contributed by atoms with Crippen LogP contribution in [0.3, 0.4) is 0 Å². The van der Waals surface area contributed by atoms with Gasteiger partial charge in [-0.3, -0.25) is 0 Å². The van der Waals surface area contributed by atoms with Crippen LogP contribution in [0.1, 0.15) is 31.0 Å². The lowest BCUT2D eigenvalue weighted by Crippen LogP contribution is -1.92. The third kappa shape index (κ3) is 1.93. The first kappa shape index (κ1) is 8.54. The summed E-state index contributed by atoms with van der Waals surface area (Å²) in [5.74, 6) is 0.454. The molecule has 0 radical (unpaired) electrons. The highest BCUT2D eigenvalue weighted by atomic mass is 35.5. The number of nitrogens with zero attached hydrogens (tertiary/aromatic N) is 1. The molecule has 0 aliphatic rings. The predicted molar refractivity (Wildman–Crippen MR) is 48.1 cm³/mol. The van der Waals surface area contributed by atoms with Crippen LogP contribution >= 0.6 is 11.6 Å². The van der Waals surface area contributed by atoms with Gasteiger partial charge in [-0.25, -0.2) is 4.98 Å². The molecule has 1 heterocycles. The number of aryl methyl sites for hydroxylation is 1. The molecule has 0 aromatic carbocycles. The fraction of sp³-hybridized carbons (Fsp3) is 0.444. The molecule has 0 fully saturated rings. The SMILES string of the molecule is Cc1ccc(C(C)C)c(Cl)n1. The van der Waals surface area contributed by atoms with Crippen molar-refractivity contribution < 1.29 is 0 Å². The molecule has 11 heavy (non-hydrogen) atoms. The minimum Gasteiger partial charge on any atom is -0.241 e. The first-order valence-corrected chi connectivity index (χ1v) is 4.12. The lowest BCUT2D eigenvalue weighted by molar-refractivity contribution is 0.856. The molecule has 60 valence electrons. The number of hydrogen-bond acceptors (Lipinski definition) is 1. The molecule has 0 unspecified atom stereocenters. The van der Waals surface area contributed by atoms with Gasteiger partial charge >= 0.3 is 0 Å². The van der Waals surface area contributed by atoms with Crippen LogP contribution in [0, 0.1) is 6.92 Å². The molecule has 0 bridgehead atoms. The second-order valence-electron chi connectivity index (χ2n) is 2.99. The Morgan fingerprint density at radius 3 is 2.45 bits per heavy atom. The third-order valence-corrected chi connectivity index (χ3v) is 1.94. The maximum Gasteiger partial charge on any atom is 0.132 e. The van der Waals surface area contributed by atoms with Crippen LogP contribution in [0.5, 0.6) is 0 Å². The largest absolute Gasteiger partial charge is 0.241 e. The van der Waals surface area contributed by atoms with E-state index in [-0.39, 0.29) is 0 Å². The van der Waals surface area contributed by atoms with Gasteiger partial charge in [0, 0.05) is 5.69 Å². The molecule has 0 aliphatic heterocycles. The average Bonchev–Trinajstić information content (AvgIpc) is 1.85. The van der Waals surface area contributed by atoms with Gasteiger partial charge in [-0.15, -0.1) is 0 Å². The first-order valence-electron chi connectivity index (χ1n) is 3.74. The van der Waals surface area contributed by atoms with E-state index in [1.165, 1.54) is 0 Å². The molecule has 0 N–H and O–H groups in total. The van der Waals surface area contributed by atoms with E-state index in [1.807, 2.05) is 19.1 Å². The summed E-state index contributed by atoms with van der Waals surface area (Å²) in [6, 6.07) is 4.02. The molecule has 0 aliphatic carbocycles. The van der Waals surface area contributed by atoms with Gasteiger partial charge in [-0.2, -0.15) is 0 Å². The summed E-state index contributed by atoms with van der Waals surface area (Å²) >= 11 is 5.91. The van der Waals surface area contributed by atoms with Crippen molar-refractivity contribution in [2.75, 3.05) is 0 Å². The zero-order chi connectivity index (χ0) is 8.43. The molecular formula is C9H12ClN. The Labute approximate surface area is 72.4 Å².